The van der Waals surface area contributed by atoms with Crippen LogP contribution in [0.15, 0.2) is 72.9 Å². The van der Waals surface area contributed by atoms with Gasteiger partial charge < -0.3 is 33.8 Å². The second-order valence-electron chi connectivity index (χ2n) is 28.4. The van der Waals surface area contributed by atoms with Gasteiger partial charge in [0.25, 0.3) is 0 Å². The summed E-state index contributed by atoms with van der Waals surface area (Å²) in [5.74, 6) is -2.18. The van der Waals surface area contributed by atoms with Gasteiger partial charge in [-0.1, -0.05) is 338 Å². The number of aliphatic hydroxyl groups excluding tert-OH is 1. The zero-order valence-electron chi connectivity index (χ0n) is 66.5. The standard InChI is InChI=1S/C85H154O17P2/c1-5-9-13-17-21-25-29-33-37-38-39-40-44-46-50-54-58-62-66-70-83(88)96-76-81(102-85(90)72-68-64-60-56-52-48-43-36-32-28-24-20-16-12-8-4)78-100-104(93,94)98-74-79(86)73-97-103(91,92)99-77-80(101-84(89)71-67-63-59-55-51-47-42-35-31-27-23-19-15-11-7-3)75-95-82(87)69-65-61-57-53-49-45-41-34-30-26-22-18-14-10-6-2/h9,13,21,25,33,36-37,39-40,43,46,50,79-81,86H,5-8,10-12,14-20,22-24,26-32,34-35,38,41-42,44-45,47-49,51-78H2,1-4H3,(H,91,92)(H,93,94)/b13-9-,25-21-,37-33-,40-39-,43-36-,50-46-/t79-,80+,81+/m0/s1. The molecule has 104 heavy (non-hydrogen) atoms. The van der Waals surface area contributed by atoms with Crippen LogP contribution in [0.25, 0.3) is 0 Å². The molecular formula is C85H154O17P2. The van der Waals surface area contributed by atoms with Crippen molar-refractivity contribution in [2.75, 3.05) is 39.6 Å². The smallest absolute Gasteiger partial charge is 0.462 e. The predicted octanol–water partition coefficient (Wildman–Crippen LogP) is 24.8. The number of hydrogen-bond donors (Lipinski definition) is 3. The highest BCUT2D eigenvalue weighted by Crippen LogP contribution is 2.45. The Balaban J connectivity index is 5.36. The van der Waals surface area contributed by atoms with Crippen LogP contribution >= 0.6 is 15.6 Å². The number of aliphatic hydroxyl groups is 1. The third-order valence-electron chi connectivity index (χ3n) is 18.2. The SMILES string of the molecule is CC/C=C\C/C=C\C/C=C\C/C=C\C/C=C\CCCCCC(=O)OC[C@H](COP(=O)(O)OC[C@@H](O)COP(=O)(O)OC[C@@H](COC(=O)CCCCCCCCCCCCCCCCC)OC(=O)CCCCCCCCCCCCCCCCC)OC(=O)CCCCCCC/C=C\CCCCCCCC. The average molecular weight is 1510 g/mol. The van der Waals surface area contributed by atoms with Crippen LogP contribution in [-0.4, -0.2) is 96.7 Å². The van der Waals surface area contributed by atoms with E-state index in [4.69, 9.17) is 37.0 Å². The van der Waals surface area contributed by atoms with Gasteiger partial charge in [0.1, 0.15) is 19.3 Å². The maximum Gasteiger partial charge on any atom is 0.472 e. The molecule has 3 N–H and O–H groups in total. The Kier molecular flexibility index (Phi) is 75.0. The molecule has 0 heterocycles. The van der Waals surface area contributed by atoms with Gasteiger partial charge in [-0.2, -0.15) is 0 Å². The van der Waals surface area contributed by atoms with Crippen LogP contribution in [-0.2, 0) is 65.4 Å². The summed E-state index contributed by atoms with van der Waals surface area (Å²) in [6, 6.07) is 0. The van der Waals surface area contributed by atoms with E-state index in [1.165, 1.54) is 173 Å². The Morgan fingerprint density at radius 2 is 0.500 bits per heavy atom. The fourth-order valence-electron chi connectivity index (χ4n) is 11.8. The number of phosphoric acid groups is 2. The Bertz CT molecular complexity index is 2250. The van der Waals surface area contributed by atoms with Crippen molar-refractivity contribution in [1.29, 1.82) is 0 Å². The number of carbonyl (C=O) groups excluding carboxylic acids is 4. The maximum atomic E-state index is 13.1. The summed E-state index contributed by atoms with van der Waals surface area (Å²) >= 11 is 0. The van der Waals surface area contributed by atoms with Crippen molar-refractivity contribution < 1.29 is 80.2 Å². The van der Waals surface area contributed by atoms with Gasteiger partial charge in [-0.3, -0.25) is 37.3 Å². The van der Waals surface area contributed by atoms with E-state index >= 15 is 0 Å². The van der Waals surface area contributed by atoms with Gasteiger partial charge in [0.05, 0.1) is 26.4 Å². The van der Waals surface area contributed by atoms with Crippen molar-refractivity contribution in [2.45, 2.75) is 406 Å². The highest BCUT2D eigenvalue weighted by atomic mass is 31.2. The largest absolute Gasteiger partial charge is 0.472 e. The molecule has 0 saturated carbocycles. The summed E-state index contributed by atoms with van der Waals surface area (Å²) in [6.45, 7) is 4.81. The Morgan fingerprint density at radius 1 is 0.279 bits per heavy atom. The van der Waals surface area contributed by atoms with Gasteiger partial charge in [0.15, 0.2) is 12.2 Å². The molecule has 17 nitrogen and oxygen atoms in total. The molecule has 0 spiro atoms. The maximum absolute atomic E-state index is 13.1. The predicted molar refractivity (Wildman–Crippen MR) is 427 cm³/mol. The van der Waals surface area contributed by atoms with Crippen molar-refractivity contribution in [3.63, 3.8) is 0 Å². The first-order valence-electron chi connectivity index (χ1n) is 42.2. The molecule has 0 rings (SSSR count). The molecule has 0 bridgehead atoms. The Labute approximate surface area is 634 Å². The third-order valence-corrected chi connectivity index (χ3v) is 20.1. The molecule has 0 aromatic rings. The molecule has 0 aromatic heterocycles. The lowest BCUT2D eigenvalue weighted by atomic mass is 10.0. The van der Waals surface area contributed by atoms with E-state index in [2.05, 4.69) is 101 Å². The number of hydrogen-bond acceptors (Lipinski definition) is 15. The van der Waals surface area contributed by atoms with Crippen molar-refractivity contribution in [2.24, 2.45) is 0 Å². The molecule has 0 aliphatic rings. The van der Waals surface area contributed by atoms with E-state index in [-0.39, 0.29) is 25.7 Å². The Morgan fingerprint density at radius 3 is 0.788 bits per heavy atom. The summed E-state index contributed by atoms with van der Waals surface area (Å²) in [5, 5.41) is 10.7. The van der Waals surface area contributed by atoms with E-state index in [0.717, 1.165) is 135 Å². The van der Waals surface area contributed by atoms with E-state index < -0.39 is 97.5 Å². The minimum Gasteiger partial charge on any atom is -0.462 e. The van der Waals surface area contributed by atoms with E-state index in [1.54, 1.807) is 0 Å². The van der Waals surface area contributed by atoms with Crippen LogP contribution in [0.2, 0.25) is 0 Å². The summed E-state index contributed by atoms with van der Waals surface area (Å²) in [4.78, 5) is 73.1. The molecule has 606 valence electrons. The van der Waals surface area contributed by atoms with Crippen LogP contribution in [0, 0.1) is 0 Å². The van der Waals surface area contributed by atoms with Crippen LogP contribution in [0.1, 0.15) is 387 Å². The summed E-state index contributed by atoms with van der Waals surface area (Å²) in [6.07, 6.45) is 80.1. The zero-order chi connectivity index (χ0) is 76.0. The number of rotatable bonds is 80. The van der Waals surface area contributed by atoms with Gasteiger partial charge in [-0.25, -0.2) is 9.13 Å². The fourth-order valence-corrected chi connectivity index (χ4v) is 13.4. The lowest BCUT2D eigenvalue weighted by Gasteiger charge is -2.21. The van der Waals surface area contributed by atoms with Crippen LogP contribution < -0.4 is 0 Å². The van der Waals surface area contributed by atoms with E-state index in [0.29, 0.717) is 25.7 Å². The zero-order valence-corrected chi connectivity index (χ0v) is 68.2. The molecule has 2 unspecified atom stereocenters. The summed E-state index contributed by atoms with van der Waals surface area (Å²) in [7, 11) is -9.96. The van der Waals surface area contributed by atoms with Gasteiger partial charge in [-0.15, -0.1) is 0 Å². The molecule has 0 aromatic carbocycles. The lowest BCUT2D eigenvalue weighted by molar-refractivity contribution is -0.161. The lowest BCUT2D eigenvalue weighted by Crippen LogP contribution is -2.30. The van der Waals surface area contributed by atoms with Crippen LogP contribution in [0.5, 0.6) is 0 Å². The highest BCUT2D eigenvalue weighted by molar-refractivity contribution is 7.47. The topological polar surface area (TPSA) is 237 Å². The second kappa shape index (κ2) is 77.7. The van der Waals surface area contributed by atoms with Crippen molar-refractivity contribution in [1.82, 2.24) is 0 Å². The van der Waals surface area contributed by atoms with Gasteiger partial charge >= 0.3 is 39.5 Å². The molecule has 0 fully saturated rings. The quantitative estimate of drug-likeness (QED) is 0.0169. The summed E-state index contributed by atoms with van der Waals surface area (Å²) < 4.78 is 68.7. The molecule has 0 radical (unpaired) electrons. The number of esters is 4. The first-order chi connectivity index (χ1) is 50.7. The van der Waals surface area contributed by atoms with Crippen molar-refractivity contribution >= 4 is 39.5 Å². The number of carbonyl (C=O) groups is 4. The highest BCUT2D eigenvalue weighted by Gasteiger charge is 2.30. The van der Waals surface area contributed by atoms with Crippen LogP contribution in [0.3, 0.4) is 0 Å². The molecule has 0 saturated heterocycles. The molecule has 0 aliphatic heterocycles. The van der Waals surface area contributed by atoms with Gasteiger partial charge in [-0.05, 0) is 96.3 Å². The van der Waals surface area contributed by atoms with Crippen LogP contribution in [0.4, 0.5) is 0 Å². The number of unbranched alkanes of at least 4 members (excludes halogenated alkanes) is 42. The van der Waals surface area contributed by atoms with E-state index in [9.17, 15) is 43.2 Å². The van der Waals surface area contributed by atoms with Crippen molar-refractivity contribution in [3.8, 4) is 0 Å². The molecule has 19 heteroatoms. The third kappa shape index (κ3) is 76.7. The normalized spacial score (nSPS) is 14.2. The number of ether oxygens (including phenoxy) is 4. The minimum atomic E-state index is -4.98. The number of phosphoric ester groups is 2. The second-order valence-corrected chi connectivity index (χ2v) is 31.3. The monoisotopic (exact) mass is 1510 g/mol. The van der Waals surface area contributed by atoms with Crippen molar-refractivity contribution in [3.05, 3.63) is 72.9 Å². The number of allylic oxidation sites excluding steroid dienone is 12. The van der Waals surface area contributed by atoms with Gasteiger partial charge in [0, 0.05) is 25.7 Å². The molecule has 0 aliphatic carbocycles. The molecular weight excluding hydrogens is 1350 g/mol. The molecule has 0 amide bonds. The van der Waals surface area contributed by atoms with E-state index in [1.807, 2.05) is 0 Å². The molecule has 5 atom stereocenters. The first kappa shape index (κ1) is 100. The average Bonchev–Trinajstić information content (AvgIpc) is 0.918. The van der Waals surface area contributed by atoms with Gasteiger partial charge in [0.2, 0.25) is 0 Å². The summed E-state index contributed by atoms with van der Waals surface area (Å²) in [5.41, 5.74) is 0. The first-order valence-corrected chi connectivity index (χ1v) is 45.2. The minimum absolute atomic E-state index is 0.0802. The fraction of sp³-hybridized carbons (Fsp3) is 0.812. The Hall–Kier alpha value is -3.50.